The molecule has 0 bridgehead atoms. The molecule has 0 saturated heterocycles. The van der Waals surface area contributed by atoms with E-state index in [0.29, 0.717) is 4.47 Å². The molecule has 0 aliphatic carbocycles. The van der Waals surface area contributed by atoms with Crippen molar-refractivity contribution in [2.45, 2.75) is 58.8 Å². The average Bonchev–Trinajstić information content (AvgIpc) is 2.55. The summed E-state index contributed by atoms with van der Waals surface area (Å²) in [5, 5.41) is 0.760. The first-order valence-electron chi connectivity index (χ1n) is 8.48. The molecule has 4 heteroatoms. The molecule has 0 amide bonds. The second kappa shape index (κ2) is 8.53. The van der Waals surface area contributed by atoms with Crippen molar-refractivity contribution in [1.29, 1.82) is 0 Å². The lowest BCUT2D eigenvalue weighted by Gasteiger charge is -2.12. The van der Waals surface area contributed by atoms with Gasteiger partial charge in [0, 0.05) is 5.69 Å². The van der Waals surface area contributed by atoms with Crippen molar-refractivity contribution in [3.05, 3.63) is 38.1 Å². The van der Waals surface area contributed by atoms with Gasteiger partial charge in [0.05, 0.1) is 22.5 Å². The van der Waals surface area contributed by atoms with E-state index in [2.05, 4.69) is 27.8 Å². The number of H-pyrrole nitrogens is 1. The Bertz CT molecular complexity index is 721. The van der Waals surface area contributed by atoms with Crippen molar-refractivity contribution in [2.24, 2.45) is 0 Å². The highest BCUT2D eigenvalue weighted by Crippen LogP contribution is 2.28. The zero-order chi connectivity index (χ0) is 16.8. The van der Waals surface area contributed by atoms with Gasteiger partial charge in [-0.05, 0) is 47.3 Å². The summed E-state index contributed by atoms with van der Waals surface area (Å²) in [5.41, 5.74) is 2.80. The maximum atomic E-state index is 12.7. The topological polar surface area (TPSA) is 42.1 Å². The third-order valence-corrected chi connectivity index (χ3v) is 5.30. The summed E-state index contributed by atoms with van der Waals surface area (Å²) in [5.74, 6) is 0.722. The van der Waals surface area contributed by atoms with Crippen molar-refractivity contribution in [3.8, 4) is 5.75 Å². The van der Waals surface area contributed by atoms with E-state index in [4.69, 9.17) is 4.74 Å². The van der Waals surface area contributed by atoms with Crippen LogP contribution in [0.15, 0.2) is 21.4 Å². The van der Waals surface area contributed by atoms with E-state index in [9.17, 15) is 4.79 Å². The number of methoxy groups -OCH3 is 1. The van der Waals surface area contributed by atoms with Gasteiger partial charge in [0.2, 0.25) is 5.43 Å². The summed E-state index contributed by atoms with van der Waals surface area (Å²) < 4.78 is 6.03. The molecule has 0 aliphatic rings. The van der Waals surface area contributed by atoms with Gasteiger partial charge >= 0.3 is 0 Å². The van der Waals surface area contributed by atoms with Crippen LogP contribution in [0.1, 0.15) is 56.7 Å². The number of aryl methyl sites for hydroxylation is 2. The fourth-order valence-electron chi connectivity index (χ4n) is 3.01. The van der Waals surface area contributed by atoms with E-state index < -0.39 is 0 Å². The summed E-state index contributed by atoms with van der Waals surface area (Å²) in [6.07, 6.45) is 8.45. The quantitative estimate of drug-likeness (QED) is 0.614. The van der Waals surface area contributed by atoms with Crippen LogP contribution in [0.25, 0.3) is 10.9 Å². The van der Waals surface area contributed by atoms with Crippen LogP contribution in [0, 0.1) is 6.92 Å². The Labute approximate surface area is 146 Å². The van der Waals surface area contributed by atoms with Crippen molar-refractivity contribution in [1.82, 2.24) is 4.98 Å². The van der Waals surface area contributed by atoms with Gasteiger partial charge in [-0.3, -0.25) is 4.79 Å². The number of aromatic amines is 1. The molecule has 0 aliphatic heterocycles. The van der Waals surface area contributed by atoms with Crippen molar-refractivity contribution >= 4 is 26.8 Å². The minimum Gasteiger partial charge on any atom is -0.495 e. The van der Waals surface area contributed by atoms with Gasteiger partial charge in [0.15, 0.2) is 0 Å². The van der Waals surface area contributed by atoms with Crippen molar-refractivity contribution < 1.29 is 4.74 Å². The molecule has 2 aromatic rings. The number of nitrogens with one attached hydrogen (secondary N) is 1. The highest BCUT2D eigenvalue weighted by atomic mass is 79.9. The fourth-order valence-corrected chi connectivity index (χ4v) is 3.30. The maximum Gasteiger partial charge on any atom is 0.204 e. The van der Waals surface area contributed by atoms with Crippen LogP contribution in [-0.2, 0) is 6.42 Å². The standard InChI is InChI=1S/C19H26BrNO2/c1-4-5-6-7-8-9-10-14-11-12-15(23-3)18-16(14)19(22)17(20)13(2)21-18/h11-12H,4-10H2,1-3H3,(H,21,22). The number of aromatic nitrogens is 1. The third kappa shape index (κ3) is 4.17. The van der Waals surface area contributed by atoms with Crippen LogP contribution in [0.5, 0.6) is 5.75 Å². The van der Waals surface area contributed by atoms with Crippen LogP contribution in [0.2, 0.25) is 0 Å². The number of hydrogen-bond acceptors (Lipinski definition) is 2. The monoisotopic (exact) mass is 379 g/mol. The molecular weight excluding hydrogens is 354 g/mol. The first-order chi connectivity index (χ1) is 11.1. The zero-order valence-electron chi connectivity index (χ0n) is 14.3. The minimum absolute atomic E-state index is 0.0520. The van der Waals surface area contributed by atoms with E-state index in [1.54, 1.807) is 7.11 Å². The van der Waals surface area contributed by atoms with Crippen LogP contribution in [0.4, 0.5) is 0 Å². The first kappa shape index (κ1) is 18.1. The number of benzene rings is 1. The van der Waals surface area contributed by atoms with E-state index in [-0.39, 0.29) is 5.43 Å². The molecule has 0 radical (unpaired) electrons. The molecule has 0 saturated carbocycles. The molecule has 1 aromatic heterocycles. The maximum absolute atomic E-state index is 12.7. The Morgan fingerprint density at radius 2 is 1.83 bits per heavy atom. The Morgan fingerprint density at radius 1 is 1.13 bits per heavy atom. The highest BCUT2D eigenvalue weighted by molar-refractivity contribution is 9.10. The number of hydrogen-bond donors (Lipinski definition) is 1. The number of ether oxygens (including phenoxy) is 1. The number of rotatable bonds is 8. The van der Waals surface area contributed by atoms with E-state index in [0.717, 1.165) is 40.8 Å². The normalized spacial score (nSPS) is 11.1. The molecule has 1 aromatic carbocycles. The average molecular weight is 380 g/mol. The second-order valence-electron chi connectivity index (χ2n) is 6.09. The first-order valence-corrected chi connectivity index (χ1v) is 9.27. The summed E-state index contributed by atoms with van der Waals surface area (Å²) in [4.78, 5) is 16.0. The lowest BCUT2D eigenvalue weighted by Crippen LogP contribution is -2.10. The third-order valence-electron chi connectivity index (χ3n) is 4.34. The largest absolute Gasteiger partial charge is 0.495 e. The molecule has 0 unspecified atom stereocenters. The minimum atomic E-state index is 0.0520. The van der Waals surface area contributed by atoms with Crippen LogP contribution < -0.4 is 10.2 Å². The highest BCUT2D eigenvalue weighted by Gasteiger charge is 2.14. The SMILES string of the molecule is CCCCCCCCc1ccc(OC)c2[nH]c(C)c(Br)c(=O)c12. The molecule has 0 spiro atoms. The van der Waals surface area contributed by atoms with Crippen molar-refractivity contribution in [2.75, 3.05) is 7.11 Å². The van der Waals surface area contributed by atoms with Gasteiger partial charge in [-0.25, -0.2) is 0 Å². The molecule has 2 rings (SSSR count). The smallest absolute Gasteiger partial charge is 0.204 e. The van der Waals surface area contributed by atoms with Crippen LogP contribution in [-0.4, -0.2) is 12.1 Å². The zero-order valence-corrected chi connectivity index (χ0v) is 15.9. The van der Waals surface area contributed by atoms with Gasteiger partial charge < -0.3 is 9.72 Å². The van der Waals surface area contributed by atoms with E-state index in [1.165, 1.54) is 32.1 Å². The van der Waals surface area contributed by atoms with Gasteiger partial charge in [-0.15, -0.1) is 0 Å². The van der Waals surface area contributed by atoms with Gasteiger partial charge in [-0.2, -0.15) is 0 Å². The second-order valence-corrected chi connectivity index (χ2v) is 6.88. The van der Waals surface area contributed by atoms with Gasteiger partial charge in [-0.1, -0.05) is 45.1 Å². The molecule has 126 valence electrons. The molecular formula is C19H26BrNO2. The van der Waals surface area contributed by atoms with E-state index >= 15 is 0 Å². The lowest BCUT2D eigenvalue weighted by molar-refractivity contribution is 0.418. The predicted molar refractivity (Wildman–Crippen MR) is 101 cm³/mol. The molecule has 1 N–H and O–H groups in total. The number of fused-ring (bicyclic) bond motifs is 1. The Hall–Kier alpha value is -1.29. The summed E-state index contributed by atoms with van der Waals surface area (Å²) in [6.45, 7) is 4.13. The molecule has 23 heavy (non-hydrogen) atoms. The molecule has 1 heterocycles. The molecule has 0 fully saturated rings. The summed E-state index contributed by atoms with van der Waals surface area (Å²) in [7, 11) is 1.64. The molecule has 0 atom stereocenters. The fraction of sp³-hybridized carbons (Fsp3) is 0.526. The van der Waals surface area contributed by atoms with Crippen molar-refractivity contribution in [3.63, 3.8) is 0 Å². The number of unbranched alkanes of at least 4 members (excludes halogenated alkanes) is 5. The molecule has 3 nitrogen and oxygen atoms in total. The predicted octanol–water partition coefficient (Wildman–Crippen LogP) is 5.51. The van der Waals surface area contributed by atoms with E-state index in [1.807, 2.05) is 19.1 Å². The van der Waals surface area contributed by atoms with Gasteiger partial charge in [0.25, 0.3) is 0 Å². The Balaban J connectivity index is 2.27. The van der Waals surface area contributed by atoms with Gasteiger partial charge in [0.1, 0.15) is 5.75 Å². The van der Waals surface area contributed by atoms with Crippen LogP contribution in [0.3, 0.4) is 0 Å². The van der Waals surface area contributed by atoms with Crippen LogP contribution >= 0.6 is 15.9 Å². The Morgan fingerprint density at radius 3 is 2.52 bits per heavy atom. The summed E-state index contributed by atoms with van der Waals surface area (Å²) >= 11 is 3.41. The lowest BCUT2D eigenvalue weighted by atomic mass is 10.00. The Kier molecular flexibility index (Phi) is 6.70. The number of pyridine rings is 1. The summed E-state index contributed by atoms with van der Waals surface area (Å²) in [6, 6.07) is 3.99. The number of halogens is 1.